The van der Waals surface area contributed by atoms with Crippen molar-refractivity contribution in [2.45, 2.75) is 0 Å². The van der Waals surface area contributed by atoms with Crippen LogP contribution in [0.3, 0.4) is 0 Å². The number of thiophene rings is 1. The van der Waals surface area contributed by atoms with Gasteiger partial charge in [0.25, 0.3) is 0 Å². The van der Waals surface area contributed by atoms with Gasteiger partial charge in [-0.05, 0) is 59.3 Å². The second-order valence-corrected chi connectivity index (χ2v) is 13.7. The normalized spacial score (nSPS) is 11.9. The minimum Gasteiger partial charge on any atom is -0.456 e. The average molecular weight is 673 g/mol. The fourth-order valence-corrected chi connectivity index (χ4v) is 8.27. The molecule has 0 spiro atoms. The predicted molar refractivity (Wildman–Crippen MR) is 207 cm³/mol. The SMILES string of the molecule is c1ccc(-c2nc(-c3ccc4c(c3)sc3ccccc34)nc(-c3ccc4ccc5oc6ccc7oc(-c8ccccc8)nc7c6c5c4c3)n2)cc1. The van der Waals surface area contributed by atoms with Crippen molar-refractivity contribution in [2.75, 3.05) is 0 Å². The lowest BCUT2D eigenvalue weighted by atomic mass is 10.0. The van der Waals surface area contributed by atoms with Crippen LogP contribution in [-0.4, -0.2) is 19.9 Å². The van der Waals surface area contributed by atoms with E-state index < -0.39 is 0 Å². The quantitative estimate of drug-likeness (QED) is 0.185. The molecule has 11 aromatic rings. The third-order valence-corrected chi connectivity index (χ3v) is 10.7. The maximum atomic E-state index is 6.42. The Balaban J connectivity index is 1.13. The number of hydrogen-bond acceptors (Lipinski definition) is 7. The van der Waals surface area contributed by atoms with Crippen LogP contribution in [-0.2, 0) is 0 Å². The van der Waals surface area contributed by atoms with Gasteiger partial charge in [0.2, 0.25) is 5.89 Å². The van der Waals surface area contributed by atoms with Gasteiger partial charge in [-0.2, -0.15) is 0 Å². The molecule has 4 aromatic heterocycles. The highest BCUT2D eigenvalue weighted by molar-refractivity contribution is 7.25. The minimum absolute atomic E-state index is 0.577. The van der Waals surface area contributed by atoms with E-state index in [9.17, 15) is 0 Å². The van der Waals surface area contributed by atoms with Crippen LogP contribution < -0.4 is 0 Å². The molecule has 7 heteroatoms. The maximum absolute atomic E-state index is 6.42. The molecule has 0 fully saturated rings. The standard InChI is InChI=1S/C44H24N4O2S/c1-3-9-26(10-4-1)41-46-42(48-43(47-41)29-17-19-31-30-13-7-8-14-36(30)51-37(31)24-29)28-16-15-25-18-20-33-38(32(25)23-28)39-34(49-33)21-22-35-40(39)45-44(50-35)27-11-5-2-6-12-27/h1-24H. The molecule has 0 radical (unpaired) electrons. The topological polar surface area (TPSA) is 77.8 Å². The van der Waals surface area contributed by atoms with E-state index in [1.165, 1.54) is 20.2 Å². The molecule has 0 amide bonds. The molecule has 0 saturated carbocycles. The maximum Gasteiger partial charge on any atom is 0.227 e. The lowest BCUT2D eigenvalue weighted by Gasteiger charge is -2.09. The third kappa shape index (κ3) is 4.49. The van der Waals surface area contributed by atoms with E-state index in [2.05, 4.69) is 66.7 Å². The van der Waals surface area contributed by atoms with Gasteiger partial charge in [0.05, 0.1) is 5.39 Å². The Morgan fingerprint density at radius 1 is 0.392 bits per heavy atom. The fourth-order valence-electron chi connectivity index (χ4n) is 7.12. The Labute approximate surface area is 294 Å². The summed E-state index contributed by atoms with van der Waals surface area (Å²) >= 11 is 1.78. The summed E-state index contributed by atoms with van der Waals surface area (Å²) < 4.78 is 15.1. The van der Waals surface area contributed by atoms with Crippen molar-refractivity contribution >= 4 is 75.3 Å². The minimum atomic E-state index is 0.577. The molecule has 51 heavy (non-hydrogen) atoms. The van der Waals surface area contributed by atoms with Crippen LogP contribution >= 0.6 is 11.3 Å². The molecule has 0 N–H and O–H groups in total. The first-order chi connectivity index (χ1) is 25.2. The molecule has 238 valence electrons. The summed E-state index contributed by atoms with van der Waals surface area (Å²) in [5.74, 6) is 2.42. The number of furan rings is 1. The third-order valence-electron chi connectivity index (χ3n) is 9.56. The van der Waals surface area contributed by atoms with Crippen LogP contribution in [0.15, 0.2) is 154 Å². The molecule has 0 unspecified atom stereocenters. The van der Waals surface area contributed by atoms with Gasteiger partial charge in [-0.25, -0.2) is 19.9 Å². The molecular weight excluding hydrogens is 649 g/mol. The van der Waals surface area contributed by atoms with Crippen molar-refractivity contribution in [1.29, 1.82) is 0 Å². The van der Waals surface area contributed by atoms with Crippen LogP contribution in [0.2, 0.25) is 0 Å². The van der Waals surface area contributed by atoms with E-state index in [1.807, 2.05) is 78.9 Å². The van der Waals surface area contributed by atoms with Crippen molar-refractivity contribution in [3.8, 4) is 45.6 Å². The first-order valence-electron chi connectivity index (χ1n) is 16.7. The van der Waals surface area contributed by atoms with Crippen molar-refractivity contribution in [2.24, 2.45) is 0 Å². The van der Waals surface area contributed by atoms with Crippen LogP contribution in [0.25, 0.3) is 110 Å². The van der Waals surface area contributed by atoms with Crippen LogP contribution in [0.4, 0.5) is 0 Å². The van der Waals surface area contributed by atoms with E-state index >= 15 is 0 Å². The van der Waals surface area contributed by atoms with Crippen LogP contribution in [0.1, 0.15) is 0 Å². The van der Waals surface area contributed by atoms with E-state index in [1.54, 1.807) is 11.3 Å². The first kappa shape index (κ1) is 28.2. The monoisotopic (exact) mass is 672 g/mol. The molecule has 0 bridgehead atoms. The van der Waals surface area contributed by atoms with Gasteiger partial charge in [-0.1, -0.05) is 97.1 Å². The molecule has 0 saturated heterocycles. The Morgan fingerprint density at radius 3 is 1.82 bits per heavy atom. The smallest absolute Gasteiger partial charge is 0.227 e. The van der Waals surface area contributed by atoms with E-state index in [-0.39, 0.29) is 0 Å². The van der Waals surface area contributed by atoms with Gasteiger partial charge < -0.3 is 8.83 Å². The molecule has 4 heterocycles. The van der Waals surface area contributed by atoms with Gasteiger partial charge >= 0.3 is 0 Å². The van der Waals surface area contributed by atoms with E-state index in [0.717, 1.165) is 60.5 Å². The number of rotatable bonds is 4. The molecule has 11 rings (SSSR count). The Bertz CT molecular complexity index is 3150. The summed E-state index contributed by atoms with van der Waals surface area (Å²) in [6.45, 7) is 0. The van der Waals surface area contributed by atoms with Crippen molar-refractivity contribution in [3.63, 3.8) is 0 Å². The van der Waals surface area contributed by atoms with Crippen molar-refractivity contribution in [1.82, 2.24) is 19.9 Å². The zero-order chi connectivity index (χ0) is 33.5. The van der Waals surface area contributed by atoms with Crippen LogP contribution in [0, 0.1) is 0 Å². The molecule has 6 nitrogen and oxygen atoms in total. The number of fused-ring (bicyclic) bond motifs is 10. The molecular formula is C44H24N4O2S. The van der Waals surface area contributed by atoms with Gasteiger partial charge in [-0.15, -0.1) is 11.3 Å². The van der Waals surface area contributed by atoms with E-state index in [4.69, 9.17) is 28.8 Å². The van der Waals surface area contributed by atoms with Gasteiger partial charge in [0.1, 0.15) is 16.7 Å². The Kier molecular flexibility index (Phi) is 6.02. The largest absolute Gasteiger partial charge is 0.456 e. The number of aromatic nitrogens is 4. The van der Waals surface area contributed by atoms with Crippen LogP contribution in [0.5, 0.6) is 0 Å². The summed E-state index contributed by atoms with van der Waals surface area (Å²) in [7, 11) is 0. The summed E-state index contributed by atoms with van der Waals surface area (Å²) in [6, 6.07) is 49.4. The molecule has 0 aliphatic carbocycles. The zero-order valence-corrected chi connectivity index (χ0v) is 27.7. The van der Waals surface area contributed by atoms with Crippen molar-refractivity contribution < 1.29 is 8.83 Å². The Hall–Kier alpha value is -6.70. The molecule has 0 aliphatic heterocycles. The summed E-state index contributed by atoms with van der Waals surface area (Å²) in [5.41, 5.74) is 6.70. The molecule has 0 aliphatic rings. The number of hydrogen-bond donors (Lipinski definition) is 0. The second-order valence-electron chi connectivity index (χ2n) is 12.6. The molecule has 7 aromatic carbocycles. The lowest BCUT2D eigenvalue weighted by molar-refractivity contribution is 0.619. The Morgan fingerprint density at radius 2 is 1.00 bits per heavy atom. The predicted octanol–water partition coefficient (Wildman–Crippen LogP) is 12.1. The van der Waals surface area contributed by atoms with Gasteiger partial charge in [0, 0.05) is 47.8 Å². The summed E-state index contributed by atoms with van der Waals surface area (Å²) in [6.07, 6.45) is 0. The molecule has 0 atom stereocenters. The highest BCUT2D eigenvalue weighted by Crippen LogP contribution is 2.41. The zero-order valence-electron chi connectivity index (χ0n) is 26.9. The summed E-state index contributed by atoms with van der Waals surface area (Å²) in [5, 5.41) is 6.50. The number of oxazole rings is 1. The summed E-state index contributed by atoms with van der Waals surface area (Å²) in [4.78, 5) is 20.2. The van der Waals surface area contributed by atoms with E-state index in [0.29, 0.717) is 28.9 Å². The van der Waals surface area contributed by atoms with Gasteiger partial charge in [-0.3, -0.25) is 0 Å². The second kappa shape index (κ2) is 10.9. The number of benzene rings is 7. The van der Waals surface area contributed by atoms with Crippen molar-refractivity contribution in [3.05, 3.63) is 146 Å². The first-order valence-corrected chi connectivity index (χ1v) is 17.5. The fraction of sp³-hybridized carbons (Fsp3) is 0. The highest BCUT2D eigenvalue weighted by Gasteiger charge is 2.20. The van der Waals surface area contributed by atoms with Gasteiger partial charge in [0.15, 0.2) is 23.1 Å². The lowest BCUT2D eigenvalue weighted by Crippen LogP contribution is -2.00. The number of nitrogens with zero attached hydrogens (tertiary/aromatic N) is 4. The highest BCUT2D eigenvalue weighted by atomic mass is 32.1. The average Bonchev–Trinajstić information content (AvgIpc) is 3.91.